The number of likely N-dealkylation sites (tertiary alicyclic amines) is 1. The van der Waals surface area contributed by atoms with Crippen LogP contribution in [-0.2, 0) is 14.4 Å². The van der Waals surface area contributed by atoms with E-state index in [0.717, 1.165) is 6.42 Å². The summed E-state index contributed by atoms with van der Waals surface area (Å²) in [4.78, 5) is 42.2. The Labute approximate surface area is 133 Å². The van der Waals surface area contributed by atoms with Crippen LogP contribution in [-0.4, -0.2) is 34.2 Å². The van der Waals surface area contributed by atoms with E-state index >= 15 is 0 Å². The van der Waals surface area contributed by atoms with Gasteiger partial charge in [-0.3, -0.25) is 19.3 Å². The largest absolute Gasteiger partial charge is 0.311 e. The second kappa shape index (κ2) is 5.30. The SMILES string of the molecule is O=C(CCN1C(=O)[C@@H]2[C@H](C1=O)[C@H]1C=C[C@@H]2C1)Nc1ccccn1. The van der Waals surface area contributed by atoms with Gasteiger partial charge in [0.25, 0.3) is 0 Å². The van der Waals surface area contributed by atoms with E-state index in [1.807, 2.05) is 0 Å². The quantitative estimate of drug-likeness (QED) is 0.670. The Kier molecular flexibility index (Phi) is 3.25. The summed E-state index contributed by atoms with van der Waals surface area (Å²) in [6.45, 7) is 0.142. The second-order valence-corrected chi connectivity index (χ2v) is 6.34. The highest BCUT2D eigenvalue weighted by Crippen LogP contribution is 2.52. The lowest BCUT2D eigenvalue weighted by molar-refractivity contribution is -0.140. The van der Waals surface area contributed by atoms with Crippen LogP contribution in [0.2, 0.25) is 0 Å². The predicted molar refractivity (Wildman–Crippen MR) is 81.9 cm³/mol. The van der Waals surface area contributed by atoms with Crippen molar-refractivity contribution < 1.29 is 14.4 Å². The van der Waals surface area contributed by atoms with Gasteiger partial charge < -0.3 is 5.32 Å². The molecule has 2 bridgehead atoms. The number of hydrogen-bond acceptors (Lipinski definition) is 4. The molecular weight excluding hydrogens is 294 g/mol. The molecule has 23 heavy (non-hydrogen) atoms. The standard InChI is InChI=1S/C17H17N3O3/c21-13(19-12-3-1-2-7-18-12)6-8-20-16(22)14-10-4-5-11(9-10)15(14)17(20)23/h1-5,7,10-11,14-15H,6,8-9H2,(H,18,19,21)/t10-,11+,14+,15-. The highest BCUT2D eigenvalue weighted by Gasteiger charge is 2.58. The normalized spacial score (nSPS) is 30.9. The minimum atomic E-state index is -0.248. The van der Waals surface area contributed by atoms with Gasteiger partial charge in [-0.2, -0.15) is 0 Å². The first-order valence-electron chi connectivity index (χ1n) is 7.89. The monoisotopic (exact) mass is 311 g/mol. The molecule has 4 rings (SSSR count). The van der Waals surface area contributed by atoms with Gasteiger partial charge in [0.15, 0.2) is 0 Å². The minimum Gasteiger partial charge on any atom is -0.311 e. The van der Waals surface area contributed by atoms with Crippen LogP contribution >= 0.6 is 0 Å². The summed E-state index contributed by atoms with van der Waals surface area (Å²) in [6.07, 6.45) is 6.73. The van der Waals surface area contributed by atoms with E-state index in [-0.39, 0.29) is 54.4 Å². The maximum Gasteiger partial charge on any atom is 0.233 e. The number of aromatic nitrogens is 1. The molecule has 2 fully saturated rings. The lowest BCUT2D eigenvalue weighted by Gasteiger charge is -2.16. The Morgan fingerprint density at radius 2 is 1.87 bits per heavy atom. The first-order valence-corrected chi connectivity index (χ1v) is 7.89. The van der Waals surface area contributed by atoms with E-state index in [9.17, 15) is 14.4 Å². The van der Waals surface area contributed by atoms with Crippen molar-refractivity contribution in [3.05, 3.63) is 36.5 Å². The minimum absolute atomic E-state index is 0.0935. The summed E-state index contributed by atoms with van der Waals surface area (Å²) in [5.41, 5.74) is 0. The van der Waals surface area contributed by atoms with Crippen LogP contribution < -0.4 is 5.32 Å². The third-order valence-electron chi connectivity index (χ3n) is 5.06. The van der Waals surface area contributed by atoms with Crippen LogP contribution in [0.15, 0.2) is 36.5 Å². The van der Waals surface area contributed by atoms with Gasteiger partial charge in [0, 0.05) is 19.2 Å². The smallest absolute Gasteiger partial charge is 0.233 e. The van der Waals surface area contributed by atoms with E-state index in [1.54, 1.807) is 24.4 Å². The van der Waals surface area contributed by atoms with Crippen molar-refractivity contribution in [1.29, 1.82) is 0 Å². The Hall–Kier alpha value is -2.50. The Morgan fingerprint density at radius 1 is 1.17 bits per heavy atom. The fourth-order valence-electron chi connectivity index (χ4n) is 4.04. The number of rotatable bonds is 4. The molecule has 4 atom stereocenters. The zero-order valence-electron chi connectivity index (χ0n) is 12.5. The Morgan fingerprint density at radius 3 is 2.48 bits per heavy atom. The maximum absolute atomic E-state index is 12.5. The molecule has 0 radical (unpaired) electrons. The van der Waals surface area contributed by atoms with Gasteiger partial charge in [-0.1, -0.05) is 18.2 Å². The molecule has 1 aliphatic heterocycles. The van der Waals surface area contributed by atoms with Crippen molar-refractivity contribution in [2.24, 2.45) is 23.7 Å². The van der Waals surface area contributed by atoms with E-state index < -0.39 is 0 Å². The molecule has 118 valence electrons. The summed E-state index contributed by atoms with van der Waals surface area (Å²) in [5, 5.41) is 2.66. The fourth-order valence-corrected chi connectivity index (χ4v) is 4.04. The van der Waals surface area contributed by atoms with Crippen LogP contribution in [0.25, 0.3) is 0 Å². The number of imide groups is 1. The second-order valence-electron chi connectivity index (χ2n) is 6.34. The summed E-state index contributed by atoms with van der Waals surface area (Å²) in [6, 6.07) is 5.23. The molecule has 3 aliphatic rings. The maximum atomic E-state index is 12.5. The number of carbonyl (C=O) groups is 3. The summed E-state index contributed by atoms with van der Waals surface area (Å²) in [5.74, 6) is 0.0124. The molecule has 0 spiro atoms. The lowest BCUT2D eigenvalue weighted by Crippen LogP contribution is -2.35. The van der Waals surface area contributed by atoms with Crippen molar-refractivity contribution in [2.75, 3.05) is 11.9 Å². The number of hydrogen-bond donors (Lipinski definition) is 1. The fraction of sp³-hybridized carbons (Fsp3) is 0.412. The van der Waals surface area contributed by atoms with Crippen LogP contribution in [0.3, 0.4) is 0 Å². The number of allylic oxidation sites excluding steroid dienone is 2. The summed E-state index contributed by atoms with van der Waals surface area (Å²) in [7, 11) is 0. The molecule has 2 aliphatic carbocycles. The number of fused-ring (bicyclic) bond motifs is 5. The van der Waals surface area contributed by atoms with Gasteiger partial charge in [0.2, 0.25) is 17.7 Å². The van der Waals surface area contributed by atoms with E-state index in [4.69, 9.17) is 0 Å². The van der Waals surface area contributed by atoms with E-state index in [0.29, 0.717) is 5.82 Å². The molecule has 6 heteroatoms. The van der Waals surface area contributed by atoms with Crippen molar-refractivity contribution in [2.45, 2.75) is 12.8 Å². The predicted octanol–water partition coefficient (Wildman–Crippen LogP) is 1.22. The van der Waals surface area contributed by atoms with Crippen LogP contribution in [0, 0.1) is 23.7 Å². The first-order chi connectivity index (χ1) is 11.1. The van der Waals surface area contributed by atoms with Crippen molar-refractivity contribution >= 4 is 23.5 Å². The average Bonchev–Trinajstić information content (AvgIpc) is 3.22. The van der Waals surface area contributed by atoms with Gasteiger partial charge in [-0.25, -0.2) is 4.98 Å². The zero-order valence-corrected chi connectivity index (χ0v) is 12.5. The van der Waals surface area contributed by atoms with Crippen molar-refractivity contribution in [3.63, 3.8) is 0 Å². The average molecular weight is 311 g/mol. The molecule has 1 saturated heterocycles. The molecule has 1 aromatic rings. The molecular formula is C17H17N3O3. The third kappa shape index (κ3) is 2.25. The van der Waals surface area contributed by atoms with Gasteiger partial charge in [0.05, 0.1) is 11.8 Å². The van der Waals surface area contributed by atoms with Crippen LogP contribution in [0.4, 0.5) is 5.82 Å². The molecule has 0 aromatic carbocycles. The number of anilines is 1. The lowest BCUT2D eigenvalue weighted by atomic mass is 9.85. The molecule has 2 heterocycles. The summed E-state index contributed by atoms with van der Waals surface area (Å²) < 4.78 is 0. The first kappa shape index (κ1) is 14.1. The molecule has 6 nitrogen and oxygen atoms in total. The highest BCUT2D eigenvalue weighted by atomic mass is 16.2. The molecule has 1 aromatic heterocycles. The van der Waals surface area contributed by atoms with E-state index in [1.165, 1.54) is 4.90 Å². The number of amides is 3. The Bertz CT molecular complexity index is 670. The molecule has 1 saturated carbocycles. The van der Waals surface area contributed by atoms with Crippen molar-refractivity contribution in [1.82, 2.24) is 9.88 Å². The van der Waals surface area contributed by atoms with Crippen LogP contribution in [0.5, 0.6) is 0 Å². The topological polar surface area (TPSA) is 79.4 Å². The number of nitrogens with one attached hydrogen (secondary N) is 1. The number of nitrogens with zero attached hydrogens (tertiary/aromatic N) is 2. The van der Waals surface area contributed by atoms with Gasteiger partial charge >= 0.3 is 0 Å². The van der Waals surface area contributed by atoms with Crippen molar-refractivity contribution in [3.8, 4) is 0 Å². The number of carbonyl (C=O) groups excluding carboxylic acids is 3. The summed E-state index contributed by atoms with van der Waals surface area (Å²) >= 11 is 0. The molecule has 0 unspecified atom stereocenters. The molecule has 1 N–H and O–H groups in total. The Balaban J connectivity index is 1.38. The molecule has 3 amide bonds. The van der Waals surface area contributed by atoms with Gasteiger partial charge in [-0.15, -0.1) is 0 Å². The zero-order chi connectivity index (χ0) is 16.0. The van der Waals surface area contributed by atoms with Crippen LogP contribution in [0.1, 0.15) is 12.8 Å². The van der Waals surface area contributed by atoms with E-state index in [2.05, 4.69) is 22.5 Å². The third-order valence-corrected chi connectivity index (χ3v) is 5.06. The van der Waals surface area contributed by atoms with Gasteiger partial charge in [0.1, 0.15) is 5.82 Å². The number of pyridine rings is 1. The van der Waals surface area contributed by atoms with Gasteiger partial charge in [-0.05, 0) is 30.4 Å². The highest BCUT2D eigenvalue weighted by molar-refractivity contribution is 6.06.